The molecule has 0 saturated carbocycles. The molecule has 7 rings (SSSR count). The Labute approximate surface area is 267 Å². The average Bonchev–Trinajstić information content (AvgIpc) is 3.11. The van der Waals surface area contributed by atoms with Crippen molar-refractivity contribution in [3.63, 3.8) is 0 Å². The van der Waals surface area contributed by atoms with Crippen LogP contribution in [0.3, 0.4) is 0 Å². The van der Waals surface area contributed by atoms with Crippen LogP contribution in [0.4, 0.5) is 0 Å². The molecule has 0 aliphatic carbocycles. The third-order valence-corrected chi connectivity index (χ3v) is 7.26. The van der Waals surface area contributed by atoms with E-state index in [2.05, 4.69) is 0 Å². The summed E-state index contributed by atoms with van der Waals surface area (Å²) >= 11 is 0. The van der Waals surface area contributed by atoms with Gasteiger partial charge in [-0.05, 0) is 72.8 Å². The van der Waals surface area contributed by atoms with Crippen LogP contribution in [0, 0.1) is 0 Å². The van der Waals surface area contributed by atoms with Crippen LogP contribution in [-0.2, 0) is 0 Å². The molecule has 0 fully saturated rings. The molecule has 0 saturated heterocycles. The van der Waals surface area contributed by atoms with E-state index in [1.54, 1.807) is 0 Å². The van der Waals surface area contributed by atoms with Gasteiger partial charge in [0.2, 0.25) is 0 Å². The molecule has 0 spiro atoms. The van der Waals surface area contributed by atoms with Gasteiger partial charge in [-0.1, -0.05) is 97.1 Å². The summed E-state index contributed by atoms with van der Waals surface area (Å²) < 4.78 is 12.1. The van der Waals surface area contributed by atoms with Gasteiger partial charge in [-0.15, -0.1) is 20.4 Å². The van der Waals surface area contributed by atoms with Crippen LogP contribution in [0.25, 0.3) is 0 Å². The van der Waals surface area contributed by atoms with Gasteiger partial charge < -0.3 is 9.47 Å². The second kappa shape index (κ2) is 13.5. The summed E-state index contributed by atoms with van der Waals surface area (Å²) in [5, 5.41) is 19.4. The van der Waals surface area contributed by atoms with E-state index in [0.717, 1.165) is 33.8 Å². The first-order valence-electron chi connectivity index (χ1n) is 14.9. The van der Waals surface area contributed by atoms with Gasteiger partial charge in [0.1, 0.15) is 45.8 Å². The van der Waals surface area contributed by atoms with Crippen molar-refractivity contribution in [3.05, 3.63) is 192 Å². The highest BCUT2D eigenvalue weighted by molar-refractivity contribution is 6.56. The van der Waals surface area contributed by atoms with E-state index in [9.17, 15) is 0 Å². The lowest BCUT2D eigenvalue weighted by molar-refractivity contribution is 0.482. The summed E-state index contributed by atoms with van der Waals surface area (Å²) in [6, 6.07) is 54.7. The molecule has 1 aliphatic rings. The Hall–Kier alpha value is -6.40. The molecule has 0 atom stereocenters. The molecule has 6 aromatic carbocycles. The molecular formula is C40H28N4O2. The Morgan fingerprint density at radius 2 is 0.478 bits per heavy atom. The van der Waals surface area contributed by atoms with Gasteiger partial charge in [-0.2, -0.15) is 0 Å². The van der Waals surface area contributed by atoms with Crippen LogP contribution in [0.5, 0.6) is 23.0 Å². The van der Waals surface area contributed by atoms with Crippen molar-refractivity contribution < 1.29 is 9.47 Å². The van der Waals surface area contributed by atoms with Crippen LogP contribution >= 0.6 is 0 Å². The molecule has 6 aromatic rings. The van der Waals surface area contributed by atoms with Crippen LogP contribution in [0.15, 0.2) is 190 Å². The summed E-state index contributed by atoms with van der Waals surface area (Å²) in [5.74, 6) is 2.94. The van der Waals surface area contributed by atoms with Gasteiger partial charge in [0.15, 0.2) is 0 Å². The molecular weight excluding hydrogens is 568 g/mol. The number of hydrogen-bond acceptors (Lipinski definition) is 6. The second-order valence-corrected chi connectivity index (χ2v) is 10.4. The summed E-state index contributed by atoms with van der Waals surface area (Å²) in [4.78, 5) is 0. The molecule has 6 heteroatoms. The molecule has 46 heavy (non-hydrogen) atoms. The summed E-state index contributed by atoms with van der Waals surface area (Å²) in [6.07, 6.45) is 0. The number of benzene rings is 6. The minimum Gasteiger partial charge on any atom is -0.457 e. The predicted octanol–water partition coefficient (Wildman–Crippen LogP) is 9.37. The molecule has 0 radical (unpaired) electrons. The van der Waals surface area contributed by atoms with Crippen molar-refractivity contribution in [3.8, 4) is 23.0 Å². The van der Waals surface area contributed by atoms with Crippen molar-refractivity contribution in [2.75, 3.05) is 0 Å². The predicted molar refractivity (Wildman–Crippen MR) is 185 cm³/mol. The number of hydrogen-bond donors (Lipinski definition) is 0. The molecule has 1 aliphatic heterocycles. The Morgan fingerprint density at radius 3 is 0.783 bits per heavy atom. The number of para-hydroxylation sites is 2. The number of ether oxygens (including phenoxy) is 2. The SMILES string of the molecule is c1ccc(Oc2ccc(C3=N/N=C(c4ccccc4)\C(c4ccccc4)=N/N=C\3c3ccc(Oc4ccccc4)cc3)cc2)cc1. The van der Waals surface area contributed by atoms with Gasteiger partial charge in [-0.25, -0.2) is 0 Å². The van der Waals surface area contributed by atoms with Crippen LogP contribution in [0.2, 0.25) is 0 Å². The van der Waals surface area contributed by atoms with Gasteiger partial charge >= 0.3 is 0 Å². The summed E-state index contributed by atoms with van der Waals surface area (Å²) in [5.41, 5.74) is 5.82. The fourth-order valence-corrected chi connectivity index (χ4v) is 4.97. The largest absolute Gasteiger partial charge is 0.457 e. The highest BCUT2D eigenvalue weighted by atomic mass is 16.5. The fourth-order valence-electron chi connectivity index (χ4n) is 4.97. The topological polar surface area (TPSA) is 67.9 Å². The molecule has 0 N–H and O–H groups in total. The average molecular weight is 597 g/mol. The smallest absolute Gasteiger partial charge is 0.127 e. The Bertz CT molecular complexity index is 1890. The number of nitrogens with zero attached hydrogens (tertiary/aromatic N) is 4. The van der Waals surface area contributed by atoms with E-state index >= 15 is 0 Å². The molecule has 0 amide bonds. The third-order valence-electron chi connectivity index (χ3n) is 7.26. The zero-order chi connectivity index (χ0) is 31.0. The zero-order valence-electron chi connectivity index (χ0n) is 24.8. The van der Waals surface area contributed by atoms with E-state index in [-0.39, 0.29) is 0 Å². The first-order valence-corrected chi connectivity index (χ1v) is 14.9. The highest BCUT2D eigenvalue weighted by Gasteiger charge is 2.21. The molecule has 6 nitrogen and oxygen atoms in total. The first kappa shape index (κ1) is 28.4. The Balaban J connectivity index is 1.32. The van der Waals surface area contributed by atoms with Gasteiger partial charge in [0.25, 0.3) is 0 Å². The Morgan fingerprint density at radius 1 is 0.239 bits per heavy atom. The molecule has 0 unspecified atom stereocenters. The Kier molecular flexibility index (Phi) is 8.32. The highest BCUT2D eigenvalue weighted by Crippen LogP contribution is 2.25. The van der Waals surface area contributed by atoms with E-state index < -0.39 is 0 Å². The maximum atomic E-state index is 6.04. The molecule has 0 bridgehead atoms. The monoisotopic (exact) mass is 596 g/mol. The van der Waals surface area contributed by atoms with Gasteiger partial charge in [-0.3, -0.25) is 0 Å². The molecule has 220 valence electrons. The van der Waals surface area contributed by atoms with Crippen LogP contribution < -0.4 is 9.47 Å². The van der Waals surface area contributed by atoms with E-state index in [0.29, 0.717) is 34.3 Å². The van der Waals surface area contributed by atoms with E-state index in [1.807, 2.05) is 170 Å². The number of rotatable bonds is 8. The normalized spacial score (nSPS) is 17.4. The summed E-state index contributed by atoms with van der Waals surface area (Å²) in [6.45, 7) is 0. The van der Waals surface area contributed by atoms with Gasteiger partial charge in [0, 0.05) is 22.3 Å². The van der Waals surface area contributed by atoms with Crippen molar-refractivity contribution in [2.45, 2.75) is 0 Å². The van der Waals surface area contributed by atoms with E-state index in [1.165, 1.54) is 0 Å². The lowest BCUT2D eigenvalue weighted by atomic mass is 9.98. The minimum atomic E-state index is 0.576. The maximum Gasteiger partial charge on any atom is 0.127 e. The van der Waals surface area contributed by atoms with Crippen molar-refractivity contribution in [1.29, 1.82) is 0 Å². The van der Waals surface area contributed by atoms with E-state index in [4.69, 9.17) is 29.9 Å². The third kappa shape index (κ3) is 6.56. The van der Waals surface area contributed by atoms with Crippen molar-refractivity contribution in [2.24, 2.45) is 20.4 Å². The quantitative estimate of drug-likeness (QED) is 0.176. The lowest BCUT2D eigenvalue weighted by Crippen LogP contribution is -2.22. The second-order valence-electron chi connectivity index (χ2n) is 10.4. The van der Waals surface area contributed by atoms with Crippen LogP contribution in [0.1, 0.15) is 22.3 Å². The zero-order valence-corrected chi connectivity index (χ0v) is 24.8. The first-order chi connectivity index (χ1) is 22.8. The standard InChI is InChI=1S/C40H28N4O2/c1-5-13-29(14-6-1)37-38(30-15-7-2-8-16-30)42-44-40(32-23-27-36(28-24-32)46-34-19-11-4-12-20-34)39(43-41-37)31-21-25-35(26-22-31)45-33-17-9-3-10-18-33/h1-28H/b38-37?,40-39?,41-37-,42-38-,43-39-,43-41?,44-40-,44-42?. The van der Waals surface area contributed by atoms with Crippen molar-refractivity contribution >= 4 is 22.8 Å². The fraction of sp³-hybridized carbons (Fsp3) is 0. The molecule has 0 aromatic heterocycles. The van der Waals surface area contributed by atoms with Gasteiger partial charge in [0.05, 0.1) is 0 Å². The van der Waals surface area contributed by atoms with Crippen molar-refractivity contribution in [1.82, 2.24) is 0 Å². The summed E-state index contributed by atoms with van der Waals surface area (Å²) in [7, 11) is 0. The van der Waals surface area contributed by atoms with Crippen LogP contribution in [-0.4, -0.2) is 22.8 Å². The lowest BCUT2D eigenvalue weighted by Gasteiger charge is -2.15. The minimum absolute atomic E-state index is 0.576. The molecule has 1 heterocycles. The maximum absolute atomic E-state index is 6.04.